The molecule has 0 radical (unpaired) electrons. The fraction of sp³-hybridized carbons (Fsp3) is 0.333. The van der Waals surface area contributed by atoms with Crippen LogP contribution in [0.3, 0.4) is 0 Å². The van der Waals surface area contributed by atoms with Crippen LogP contribution in [0, 0.1) is 0 Å². The molecule has 1 aromatic carbocycles. The quantitative estimate of drug-likeness (QED) is 0.734. The van der Waals surface area contributed by atoms with Crippen LogP contribution in [-0.4, -0.2) is 10.4 Å². The van der Waals surface area contributed by atoms with Crippen LogP contribution in [0.5, 0.6) is 0 Å². The van der Waals surface area contributed by atoms with E-state index in [2.05, 4.69) is 63.7 Å². The molecule has 5 rings (SSSR count). The zero-order valence-electron chi connectivity index (χ0n) is 14.0. The first kappa shape index (κ1) is 14.1. The Balaban J connectivity index is 1.71. The molecule has 3 nitrogen and oxygen atoms in total. The van der Waals surface area contributed by atoms with Crippen LogP contribution in [0.1, 0.15) is 37.7 Å². The van der Waals surface area contributed by atoms with E-state index in [9.17, 15) is 0 Å². The lowest BCUT2D eigenvalue weighted by atomic mass is 9.94. The first-order valence-corrected chi connectivity index (χ1v) is 9.23. The van der Waals surface area contributed by atoms with Gasteiger partial charge in [-0.1, -0.05) is 49.6 Å². The summed E-state index contributed by atoms with van der Waals surface area (Å²) in [7, 11) is 0. The Kier molecular flexibility index (Phi) is 3.34. The topological polar surface area (TPSA) is 33.0 Å². The minimum Gasteiger partial charge on any atom is -0.368 e. The number of anilines is 1. The maximum absolute atomic E-state index is 3.92. The molecule has 3 N–H and O–H groups in total. The van der Waals surface area contributed by atoms with Crippen molar-refractivity contribution in [1.82, 2.24) is 4.40 Å². The van der Waals surface area contributed by atoms with Gasteiger partial charge in [0.1, 0.15) is 17.9 Å². The summed E-state index contributed by atoms with van der Waals surface area (Å²) >= 11 is 0. The molecule has 2 aromatic heterocycles. The molecule has 1 aliphatic carbocycles. The SMILES string of the molecule is c1ccc2c(c1)C[NH2+]c1c-2c(NC2CCCCC2)n2ccccc12. The fourth-order valence-corrected chi connectivity index (χ4v) is 4.45. The Labute approximate surface area is 142 Å². The molecule has 2 aliphatic rings. The minimum atomic E-state index is 0.607. The number of quaternary nitrogens is 1. The highest BCUT2D eigenvalue weighted by molar-refractivity contribution is 5.95. The number of pyridine rings is 1. The third kappa shape index (κ3) is 2.15. The largest absolute Gasteiger partial charge is 0.368 e. The summed E-state index contributed by atoms with van der Waals surface area (Å²) in [5.74, 6) is 1.29. The lowest BCUT2D eigenvalue weighted by Gasteiger charge is -2.25. The minimum absolute atomic E-state index is 0.607. The van der Waals surface area contributed by atoms with Crippen LogP contribution >= 0.6 is 0 Å². The Hall–Kier alpha value is -2.26. The van der Waals surface area contributed by atoms with Gasteiger partial charge in [0.2, 0.25) is 0 Å². The lowest BCUT2D eigenvalue weighted by molar-refractivity contribution is -0.587. The third-order valence-corrected chi connectivity index (χ3v) is 5.64. The van der Waals surface area contributed by atoms with Gasteiger partial charge in [-0.15, -0.1) is 0 Å². The number of rotatable bonds is 2. The van der Waals surface area contributed by atoms with E-state index in [0.29, 0.717) is 6.04 Å². The molecule has 1 aliphatic heterocycles. The highest BCUT2D eigenvalue weighted by Gasteiger charge is 2.29. The van der Waals surface area contributed by atoms with Crippen LogP contribution in [0.25, 0.3) is 16.6 Å². The number of nitrogens with zero attached hydrogens (tertiary/aromatic N) is 1. The van der Waals surface area contributed by atoms with Gasteiger partial charge in [0.15, 0.2) is 5.69 Å². The molecular formula is C21H24N3+. The zero-order valence-corrected chi connectivity index (χ0v) is 14.0. The van der Waals surface area contributed by atoms with E-state index in [0.717, 1.165) is 6.54 Å². The summed E-state index contributed by atoms with van der Waals surface area (Å²) in [6.07, 6.45) is 8.88. The molecule has 1 saturated carbocycles. The standard InChI is InChI=1S/C21H23N3/c1-2-9-16(10-3-1)23-21-19-17-11-5-4-8-15(17)14-22-20(19)18-12-6-7-13-24(18)21/h4-8,11-13,16,22-23H,1-3,9-10,14H2/p+1. The van der Waals surface area contributed by atoms with Gasteiger partial charge >= 0.3 is 0 Å². The van der Waals surface area contributed by atoms with Gasteiger partial charge in [-0.2, -0.15) is 0 Å². The van der Waals surface area contributed by atoms with E-state index < -0.39 is 0 Å². The average molecular weight is 318 g/mol. The normalized spacial score (nSPS) is 17.5. The predicted molar refractivity (Wildman–Crippen MR) is 98.6 cm³/mol. The zero-order chi connectivity index (χ0) is 15.9. The fourth-order valence-electron chi connectivity index (χ4n) is 4.45. The summed E-state index contributed by atoms with van der Waals surface area (Å²) in [6, 6.07) is 16.0. The third-order valence-electron chi connectivity index (χ3n) is 5.64. The van der Waals surface area contributed by atoms with Crippen molar-refractivity contribution in [2.75, 3.05) is 5.32 Å². The van der Waals surface area contributed by atoms with Crippen LogP contribution in [0.2, 0.25) is 0 Å². The van der Waals surface area contributed by atoms with Crippen molar-refractivity contribution in [2.24, 2.45) is 0 Å². The second-order valence-corrected chi connectivity index (χ2v) is 7.14. The van der Waals surface area contributed by atoms with Crippen molar-refractivity contribution in [2.45, 2.75) is 44.7 Å². The molecule has 3 heterocycles. The van der Waals surface area contributed by atoms with Crippen molar-refractivity contribution in [3.05, 3.63) is 54.2 Å². The second kappa shape index (κ2) is 5.67. The number of fused-ring (bicyclic) bond motifs is 5. The molecule has 0 unspecified atom stereocenters. The number of aromatic nitrogens is 1. The number of hydrogen-bond acceptors (Lipinski definition) is 1. The first-order chi connectivity index (χ1) is 11.9. The number of nitrogens with two attached hydrogens (primary N) is 1. The van der Waals surface area contributed by atoms with Gasteiger partial charge in [0, 0.05) is 23.4 Å². The lowest BCUT2D eigenvalue weighted by Crippen LogP contribution is -2.77. The van der Waals surface area contributed by atoms with Gasteiger partial charge in [-0.05, 0) is 25.0 Å². The van der Waals surface area contributed by atoms with Crippen molar-refractivity contribution in [3.63, 3.8) is 0 Å². The summed E-state index contributed by atoms with van der Waals surface area (Å²) in [5, 5.41) is 6.32. The molecule has 3 aromatic rings. The molecule has 3 heteroatoms. The van der Waals surface area contributed by atoms with Gasteiger partial charge in [-0.25, -0.2) is 0 Å². The Bertz CT molecular complexity index is 887. The molecule has 0 spiro atoms. The van der Waals surface area contributed by atoms with E-state index >= 15 is 0 Å². The Morgan fingerprint density at radius 3 is 2.71 bits per heavy atom. The van der Waals surface area contributed by atoms with Crippen molar-refractivity contribution in [3.8, 4) is 11.1 Å². The summed E-state index contributed by atoms with van der Waals surface area (Å²) in [4.78, 5) is 0. The van der Waals surface area contributed by atoms with Crippen LogP contribution < -0.4 is 10.6 Å². The maximum Gasteiger partial charge on any atom is 0.165 e. The van der Waals surface area contributed by atoms with E-state index in [-0.39, 0.29) is 0 Å². The van der Waals surface area contributed by atoms with Crippen molar-refractivity contribution < 1.29 is 5.32 Å². The molecule has 24 heavy (non-hydrogen) atoms. The molecule has 0 bridgehead atoms. The molecule has 0 atom stereocenters. The summed E-state index contributed by atoms with van der Waals surface area (Å²) in [6.45, 7) is 1.03. The van der Waals surface area contributed by atoms with Gasteiger partial charge in [0.05, 0.1) is 5.56 Å². The van der Waals surface area contributed by atoms with Crippen LogP contribution in [0.15, 0.2) is 48.7 Å². The molecule has 0 saturated heterocycles. The number of benzene rings is 1. The van der Waals surface area contributed by atoms with Gasteiger partial charge < -0.3 is 10.6 Å². The summed E-state index contributed by atoms with van der Waals surface area (Å²) in [5.41, 5.74) is 6.95. The van der Waals surface area contributed by atoms with E-state index in [1.807, 2.05) is 0 Å². The number of nitrogens with one attached hydrogen (secondary N) is 1. The predicted octanol–water partition coefficient (Wildman–Crippen LogP) is 4.06. The van der Waals surface area contributed by atoms with Crippen LogP contribution in [0.4, 0.5) is 11.5 Å². The first-order valence-electron chi connectivity index (χ1n) is 9.23. The van der Waals surface area contributed by atoms with E-state index in [4.69, 9.17) is 0 Å². The number of hydrogen-bond donors (Lipinski definition) is 2. The van der Waals surface area contributed by atoms with E-state index in [1.54, 1.807) is 0 Å². The van der Waals surface area contributed by atoms with Crippen molar-refractivity contribution in [1.29, 1.82) is 0 Å². The monoisotopic (exact) mass is 318 g/mol. The maximum atomic E-state index is 3.92. The summed E-state index contributed by atoms with van der Waals surface area (Å²) < 4.78 is 2.36. The Morgan fingerprint density at radius 2 is 1.79 bits per heavy atom. The van der Waals surface area contributed by atoms with Gasteiger partial charge in [-0.3, -0.25) is 4.40 Å². The van der Waals surface area contributed by atoms with E-state index in [1.165, 1.54) is 65.8 Å². The molecular weight excluding hydrogens is 294 g/mol. The average Bonchev–Trinajstić information content (AvgIpc) is 2.97. The molecule has 122 valence electrons. The smallest absolute Gasteiger partial charge is 0.165 e. The highest BCUT2D eigenvalue weighted by Crippen LogP contribution is 2.42. The molecule has 1 fully saturated rings. The van der Waals surface area contributed by atoms with Crippen molar-refractivity contribution >= 4 is 17.0 Å². The Morgan fingerprint density at radius 1 is 0.958 bits per heavy atom. The highest BCUT2D eigenvalue weighted by atomic mass is 15.1. The van der Waals surface area contributed by atoms with Crippen LogP contribution in [-0.2, 0) is 6.54 Å². The second-order valence-electron chi connectivity index (χ2n) is 7.14. The molecule has 0 amide bonds. The van der Waals surface area contributed by atoms with Gasteiger partial charge in [0.25, 0.3) is 0 Å².